The highest BCUT2D eigenvalue weighted by molar-refractivity contribution is 7.81. The molecule has 13 heavy (non-hydrogen) atoms. The lowest BCUT2D eigenvalue weighted by atomic mass is 9.80. The Morgan fingerprint density at radius 1 is 1.46 bits per heavy atom. The van der Waals surface area contributed by atoms with Crippen molar-refractivity contribution < 1.29 is 13.6 Å². The van der Waals surface area contributed by atoms with E-state index in [0.717, 1.165) is 6.42 Å². The first-order valence-electron chi connectivity index (χ1n) is 4.46. The largest absolute Gasteiger partial charge is 0.424 e. The van der Waals surface area contributed by atoms with E-state index in [1.807, 2.05) is 27.7 Å². The Hall–Kier alpha value is 0.440. The van der Waals surface area contributed by atoms with E-state index in [2.05, 4.69) is 0 Å². The molecule has 0 aromatic heterocycles. The van der Waals surface area contributed by atoms with E-state index in [0.29, 0.717) is 0 Å². The van der Waals surface area contributed by atoms with Crippen LogP contribution in [-0.2, 0) is 13.6 Å². The molecule has 1 heterocycles. The van der Waals surface area contributed by atoms with Crippen LogP contribution in [0, 0.1) is 5.41 Å². The molecule has 0 aliphatic carbocycles. The molecule has 0 spiro atoms. The lowest BCUT2D eigenvalue weighted by Gasteiger charge is -2.43. The second kappa shape index (κ2) is 3.54. The predicted octanol–water partition coefficient (Wildman–Crippen LogP) is 3.57. The van der Waals surface area contributed by atoms with Crippen molar-refractivity contribution >= 4 is 18.2 Å². The monoisotopic (exact) mass is 226 g/mol. The molecule has 0 aromatic carbocycles. The Kier molecular flexibility index (Phi) is 3.14. The van der Waals surface area contributed by atoms with E-state index in [1.54, 1.807) is 0 Å². The van der Waals surface area contributed by atoms with Crippen LogP contribution in [0.2, 0.25) is 0 Å². The third-order valence-corrected chi connectivity index (χ3v) is 4.34. The quantitative estimate of drug-likeness (QED) is 0.641. The minimum Gasteiger partial charge on any atom is -0.293 e. The van der Waals surface area contributed by atoms with Crippen molar-refractivity contribution in [3.8, 4) is 0 Å². The molecule has 0 aromatic rings. The maximum absolute atomic E-state index is 11.4. The number of rotatable bonds is 1. The first-order valence-corrected chi connectivity index (χ1v) is 6.91. The van der Waals surface area contributed by atoms with Crippen LogP contribution in [-0.4, -0.2) is 12.2 Å². The summed E-state index contributed by atoms with van der Waals surface area (Å²) >= 11 is 5.58. The molecule has 3 nitrogen and oxygen atoms in total. The fraction of sp³-hybridized carbons (Fsp3) is 1.00. The highest BCUT2D eigenvalue weighted by Gasteiger charge is 2.47. The lowest BCUT2D eigenvalue weighted by Crippen LogP contribution is -2.44. The summed E-state index contributed by atoms with van der Waals surface area (Å²) in [6.45, 7) is 4.60. The highest BCUT2D eigenvalue weighted by atomic mass is 35.7. The van der Waals surface area contributed by atoms with Gasteiger partial charge in [0.15, 0.2) is 0 Å². The van der Waals surface area contributed by atoms with Crippen LogP contribution in [0.15, 0.2) is 0 Å². The van der Waals surface area contributed by atoms with Gasteiger partial charge in [-0.1, -0.05) is 20.8 Å². The first-order chi connectivity index (χ1) is 5.79. The second-order valence-corrected chi connectivity index (χ2v) is 6.53. The molecule has 1 saturated heterocycles. The van der Waals surface area contributed by atoms with Gasteiger partial charge in [0.05, 0.1) is 12.2 Å². The third kappa shape index (κ3) is 2.27. The Morgan fingerprint density at radius 3 is 2.46 bits per heavy atom. The van der Waals surface area contributed by atoms with Gasteiger partial charge in [-0.3, -0.25) is 9.05 Å². The van der Waals surface area contributed by atoms with Crippen LogP contribution in [0.4, 0.5) is 0 Å². The van der Waals surface area contributed by atoms with Crippen molar-refractivity contribution in [1.29, 1.82) is 0 Å². The van der Waals surface area contributed by atoms with Crippen molar-refractivity contribution in [2.75, 3.05) is 0 Å². The first kappa shape index (κ1) is 11.5. The number of hydrogen-bond acceptors (Lipinski definition) is 3. The van der Waals surface area contributed by atoms with Crippen LogP contribution < -0.4 is 0 Å². The fourth-order valence-electron chi connectivity index (χ4n) is 1.50. The minimum absolute atomic E-state index is 0.0976. The van der Waals surface area contributed by atoms with Crippen molar-refractivity contribution in [2.45, 2.75) is 46.3 Å². The molecule has 1 aliphatic rings. The molecule has 0 N–H and O–H groups in total. The van der Waals surface area contributed by atoms with Gasteiger partial charge in [-0.2, -0.15) is 0 Å². The third-order valence-electron chi connectivity index (χ3n) is 2.79. The standard InChI is InChI=1S/C8H16ClO3P/c1-5-7-8(3,4)6(2)11-13(9,10)12-7/h6-7H,5H2,1-4H3. The van der Waals surface area contributed by atoms with Crippen LogP contribution in [0.5, 0.6) is 0 Å². The molecule has 0 amide bonds. The summed E-state index contributed by atoms with van der Waals surface area (Å²) in [6, 6.07) is 0. The van der Waals surface area contributed by atoms with Gasteiger partial charge in [-0.15, -0.1) is 0 Å². The maximum atomic E-state index is 11.4. The average Bonchev–Trinajstić information content (AvgIpc) is 1.97. The molecule has 78 valence electrons. The minimum atomic E-state index is -3.32. The summed E-state index contributed by atoms with van der Waals surface area (Å²) in [5.74, 6) is 0. The zero-order valence-corrected chi connectivity index (χ0v) is 10.1. The molecule has 3 atom stereocenters. The fourth-order valence-corrected chi connectivity index (χ4v) is 3.57. The smallest absolute Gasteiger partial charge is 0.293 e. The molecule has 0 bridgehead atoms. The predicted molar refractivity (Wildman–Crippen MR) is 53.0 cm³/mol. The summed E-state index contributed by atoms with van der Waals surface area (Å²) in [5.41, 5.74) is -0.141. The molecular weight excluding hydrogens is 211 g/mol. The van der Waals surface area contributed by atoms with E-state index < -0.39 is 6.95 Å². The lowest BCUT2D eigenvalue weighted by molar-refractivity contribution is -0.0649. The molecule has 0 radical (unpaired) electrons. The SMILES string of the molecule is CCC1OP(=O)(Cl)OC(C)C1(C)C. The Morgan fingerprint density at radius 2 is 2.00 bits per heavy atom. The van der Waals surface area contributed by atoms with Crippen LogP contribution >= 0.6 is 18.2 Å². The van der Waals surface area contributed by atoms with Gasteiger partial charge in [0.2, 0.25) is 0 Å². The zero-order valence-electron chi connectivity index (χ0n) is 8.41. The Bertz CT molecular complexity index is 242. The van der Waals surface area contributed by atoms with Gasteiger partial charge in [0.25, 0.3) is 0 Å². The zero-order chi connectivity index (χ0) is 10.3. The molecule has 0 saturated carbocycles. The van der Waals surface area contributed by atoms with Crippen LogP contribution in [0.3, 0.4) is 0 Å². The second-order valence-electron chi connectivity index (χ2n) is 4.00. The van der Waals surface area contributed by atoms with Gasteiger partial charge in [-0.25, -0.2) is 4.57 Å². The van der Waals surface area contributed by atoms with E-state index in [9.17, 15) is 4.57 Å². The number of halogens is 1. The highest BCUT2D eigenvalue weighted by Crippen LogP contribution is 2.62. The summed E-state index contributed by atoms with van der Waals surface area (Å²) in [6.07, 6.45) is 0.548. The summed E-state index contributed by atoms with van der Waals surface area (Å²) in [7, 11) is 0. The molecule has 1 rings (SSSR count). The van der Waals surface area contributed by atoms with Gasteiger partial charge < -0.3 is 0 Å². The average molecular weight is 227 g/mol. The van der Waals surface area contributed by atoms with E-state index in [1.165, 1.54) is 0 Å². The van der Waals surface area contributed by atoms with E-state index in [-0.39, 0.29) is 17.6 Å². The summed E-state index contributed by atoms with van der Waals surface area (Å²) < 4.78 is 21.7. The molecule has 1 aliphatic heterocycles. The molecule has 3 unspecified atom stereocenters. The van der Waals surface area contributed by atoms with Crippen molar-refractivity contribution in [1.82, 2.24) is 0 Å². The van der Waals surface area contributed by atoms with Gasteiger partial charge in [0, 0.05) is 16.7 Å². The molecule has 5 heteroatoms. The van der Waals surface area contributed by atoms with Crippen LogP contribution in [0.25, 0.3) is 0 Å². The maximum Gasteiger partial charge on any atom is 0.424 e. The topological polar surface area (TPSA) is 35.5 Å². The Labute approximate surface area is 84.1 Å². The van der Waals surface area contributed by atoms with Crippen molar-refractivity contribution in [3.05, 3.63) is 0 Å². The summed E-state index contributed by atoms with van der Waals surface area (Å²) in [4.78, 5) is 0. The molecular formula is C8H16ClO3P. The van der Waals surface area contributed by atoms with Crippen molar-refractivity contribution in [2.24, 2.45) is 5.41 Å². The van der Waals surface area contributed by atoms with Crippen molar-refractivity contribution in [3.63, 3.8) is 0 Å². The van der Waals surface area contributed by atoms with Gasteiger partial charge >= 0.3 is 6.95 Å². The van der Waals surface area contributed by atoms with Gasteiger partial charge in [0.1, 0.15) is 0 Å². The van der Waals surface area contributed by atoms with Gasteiger partial charge in [-0.05, 0) is 13.3 Å². The van der Waals surface area contributed by atoms with E-state index in [4.69, 9.17) is 20.3 Å². The van der Waals surface area contributed by atoms with Crippen LogP contribution in [0.1, 0.15) is 34.1 Å². The van der Waals surface area contributed by atoms with E-state index >= 15 is 0 Å². The normalized spacial score (nSPS) is 44.7. The summed E-state index contributed by atoms with van der Waals surface area (Å²) in [5, 5.41) is 0. The Balaban J connectivity index is 2.88. The number of hydrogen-bond donors (Lipinski definition) is 0. The molecule has 1 fully saturated rings.